The van der Waals surface area contributed by atoms with Crippen LogP contribution < -0.4 is 0 Å². The van der Waals surface area contributed by atoms with Crippen LogP contribution in [0, 0.1) is 0 Å². The Bertz CT molecular complexity index is 469. The Morgan fingerprint density at radius 2 is 1.89 bits per heavy atom. The van der Waals surface area contributed by atoms with Crippen molar-refractivity contribution >= 4 is 29.0 Å². The number of halogens is 2. The molecule has 0 amide bonds. The van der Waals surface area contributed by atoms with Gasteiger partial charge in [0.2, 0.25) is 0 Å². The Kier molecular flexibility index (Phi) is 4.85. The van der Waals surface area contributed by atoms with Gasteiger partial charge < -0.3 is 0 Å². The predicted molar refractivity (Wildman–Crippen MR) is 76.3 cm³/mol. The van der Waals surface area contributed by atoms with Gasteiger partial charge >= 0.3 is 0 Å². The molecule has 1 aromatic rings. The number of benzene rings is 1. The van der Waals surface area contributed by atoms with Gasteiger partial charge in [-0.2, -0.15) is 0 Å². The maximum atomic E-state index is 12.0. The molecule has 1 nitrogen and oxygen atoms in total. The van der Waals surface area contributed by atoms with Crippen LogP contribution in [0.4, 0.5) is 0 Å². The fourth-order valence-electron chi connectivity index (χ4n) is 2.30. The summed E-state index contributed by atoms with van der Waals surface area (Å²) in [5.74, 6) is 0.121. The molecule has 0 spiro atoms. The summed E-state index contributed by atoms with van der Waals surface area (Å²) in [6, 6.07) is 5.41. The third-order valence-corrected chi connectivity index (χ3v) is 4.12. The predicted octanol–water partition coefficient (Wildman–Crippen LogP) is 5.00. The van der Waals surface area contributed by atoms with E-state index >= 15 is 0 Å². The van der Waals surface area contributed by atoms with E-state index in [2.05, 4.69) is 0 Å². The average molecular weight is 283 g/mol. The maximum absolute atomic E-state index is 12.0. The van der Waals surface area contributed by atoms with Crippen LogP contribution in [-0.4, -0.2) is 5.78 Å². The molecule has 0 unspecified atom stereocenters. The molecule has 0 heterocycles. The first kappa shape index (κ1) is 13.6. The van der Waals surface area contributed by atoms with Crippen LogP contribution in [0.5, 0.6) is 0 Å². The highest BCUT2D eigenvalue weighted by Gasteiger charge is 2.10. The second-order valence-electron chi connectivity index (χ2n) is 4.72. The van der Waals surface area contributed by atoms with E-state index in [-0.39, 0.29) is 5.78 Å². The molecule has 0 atom stereocenters. The first-order valence-corrected chi connectivity index (χ1v) is 7.07. The van der Waals surface area contributed by atoms with Crippen molar-refractivity contribution < 1.29 is 4.79 Å². The smallest absolute Gasteiger partial charge is 0.160 e. The molecular formula is C15H16Cl2O. The Balaban J connectivity index is 2.04. The minimum atomic E-state index is 0.121. The second kappa shape index (κ2) is 6.40. The van der Waals surface area contributed by atoms with E-state index < -0.39 is 0 Å². The van der Waals surface area contributed by atoms with Crippen LogP contribution >= 0.6 is 23.2 Å². The Morgan fingerprint density at radius 3 is 2.61 bits per heavy atom. The SMILES string of the molecule is O=C(C=C1CCCCC1)Cc1cccc(Cl)c1Cl. The molecule has 0 aliphatic heterocycles. The third-order valence-electron chi connectivity index (χ3n) is 3.26. The summed E-state index contributed by atoms with van der Waals surface area (Å²) in [6.07, 6.45) is 7.96. The topological polar surface area (TPSA) is 17.1 Å². The summed E-state index contributed by atoms with van der Waals surface area (Å²) in [7, 11) is 0. The molecule has 1 saturated carbocycles. The monoisotopic (exact) mass is 282 g/mol. The van der Waals surface area contributed by atoms with Crippen LogP contribution in [0.15, 0.2) is 29.8 Å². The van der Waals surface area contributed by atoms with Crippen molar-refractivity contribution in [3.8, 4) is 0 Å². The number of hydrogen-bond acceptors (Lipinski definition) is 1. The van der Waals surface area contributed by atoms with Gasteiger partial charge in [0.1, 0.15) is 0 Å². The van der Waals surface area contributed by atoms with Crippen molar-refractivity contribution in [3.63, 3.8) is 0 Å². The van der Waals surface area contributed by atoms with E-state index in [0.29, 0.717) is 16.5 Å². The van der Waals surface area contributed by atoms with Crippen molar-refractivity contribution in [1.29, 1.82) is 0 Å². The standard InChI is InChI=1S/C15H16Cl2O/c16-14-8-4-7-12(15(14)17)10-13(18)9-11-5-2-1-3-6-11/h4,7-9H,1-3,5-6,10H2. The molecule has 18 heavy (non-hydrogen) atoms. The quantitative estimate of drug-likeness (QED) is 0.714. The van der Waals surface area contributed by atoms with Gasteiger partial charge in [-0.25, -0.2) is 0 Å². The van der Waals surface area contributed by atoms with E-state index in [1.165, 1.54) is 24.8 Å². The summed E-state index contributed by atoms with van der Waals surface area (Å²) in [6.45, 7) is 0. The Labute approximate surface area is 118 Å². The molecule has 2 rings (SSSR count). The highest BCUT2D eigenvalue weighted by atomic mass is 35.5. The zero-order valence-corrected chi connectivity index (χ0v) is 11.7. The van der Waals surface area contributed by atoms with Gasteiger partial charge in [0.15, 0.2) is 5.78 Å². The molecule has 1 aliphatic rings. The average Bonchev–Trinajstić information content (AvgIpc) is 2.36. The third kappa shape index (κ3) is 3.60. The number of carbonyl (C=O) groups excluding carboxylic acids is 1. The number of allylic oxidation sites excluding steroid dienone is 2. The van der Waals surface area contributed by atoms with Crippen molar-refractivity contribution in [2.24, 2.45) is 0 Å². The fourth-order valence-corrected chi connectivity index (χ4v) is 2.69. The van der Waals surface area contributed by atoms with E-state index in [4.69, 9.17) is 23.2 Å². The van der Waals surface area contributed by atoms with Crippen molar-refractivity contribution in [3.05, 3.63) is 45.5 Å². The molecule has 1 aromatic carbocycles. The summed E-state index contributed by atoms with van der Waals surface area (Å²) in [5, 5.41) is 1.00. The maximum Gasteiger partial charge on any atom is 0.160 e. The van der Waals surface area contributed by atoms with Crippen LogP contribution in [-0.2, 0) is 11.2 Å². The zero-order valence-electron chi connectivity index (χ0n) is 10.2. The van der Waals surface area contributed by atoms with Crippen LogP contribution in [0.2, 0.25) is 10.0 Å². The van der Waals surface area contributed by atoms with Gasteiger partial charge in [-0.15, -0.1) is 0 Å². The highest BCUT2D eigenvalue weighted by Crippen LogP contribution is 2.27. The summed E-state index contributed by atoms with van der Waals surface area (Å²) in [5.41, 5.74) is 2.09. The molecular weight excluding hydrogens is 267 g/mol. The molecule has 3 heteroatoms. The van der Waals surface area contributed by atoms with E-state index in [0.717, 1.165) is 18.4 Å². The summed E-state index contributed by atoms with van der Waals surface area (Å²) < 4.78 is 0. The molecule has 1 fully saturated rings. The number of hydrogen-bond donors (Lipinski definition) is 0. The van der Waals surface area contributed by atoms with Crippen LogP contribution in [0.25, 0.3) is 0 Å². The van der Waals surface area contributed by atoms with Gasteiger partial charge in [0.05, 0.1) is 10.0 Å². The Hall–Kier alpha value is -0.790. The first-order valence-electron chi connectivity index (χ1n) is 6.32. The summed E-state index contributed by atoms with van der Waals surface area (Å²) >= 11 is 12.0. The molecule has 0 aromatic heterocycles. The van der Waals surface area contributed by atoms with E-state index in [9.17, 15) is 4.79 Å². The van der Waals surface area contributed by atoms with Gasteiger partial charge in [0, 0.05) is 6.42 Å². The van der Waals surface area contributed by atoms with Crippen molar-refractivity contribution in [1.82, 2.24) is 0 Å². The molecule has 0 saturated heterocycles. The van der Waals surface area contributed by atoms with Gasteiger partial charge in [0.25, 0.3) is 0 Å². The second-order valence-corrected chi connectivity index (χ2v) is 5.50. The largest absolute Gasteiger partial charge is 0.294 e. The minimum Gasteiger partial charge on any atom is -0.294 e. The lowest BCUT2D eigenvalue weighted by atomic mass is 9.93. The Morgan fingerprint density at radius 1 is 1.17 bits per heavy atom. The van der Waals surface area contributed by atoms with Gasteiger partial charge in [-0.05, 0) is 43.4 Å². The minimum absolute atomic E-state index is 0.121. The normalized spacial score (nSPS) is 15.6. The van der Waals surface area contributed by atoms with Gasteiger partial charge in [-0.3, -0.25) is 4.79 Å². The van der Waals surface area contributed by atoms with Crippen LogP contribution in [0.1, 0.15) is 37.7 Å². The fraction of sp³-hybridized carbons (Fsp3) is 0.400. The lowest BCUT2D eigenvalue weighted by molar-refractivity contribution is -0.114. The number of carbonyl (C=O) groups is 1. The van der Waals surface area contributed by atoms with Gasteiger partial charge in [-0.1, -0.05) is 47.3 Å². The molecule has 96 valence electrons. The molecule has 0 N–H and O–H groups in total. The lowest BCUT2D eigenvalue weighted by Gasteiger charge is -2.13. The highest BCUT2D eigenvalue weighted by molar-refractivity contribution is 6.42. The lowest BCUT2D eigenvalue weighted by Crippen LogP contribution is -2.03. The zero-order chi connectivity index (χ0) is 13.0. The number of ketones is 1. The first-order chi connectivity index (χ1) is 8.66. The molecule has 1 aliphatic carbocycles. The van der Waals surface area contributed by atoms with Crippen molar-refractivity contribution in [2.75, 3.05) is 0 Å². The van der Waals surface area contributed by atoms with E-state index in [1.807, 2.05) is 12.1 Å². The van der Waals surface area contributed by atoms with E-state index in [1.54, 1.807) is 12.1 Å². The van der Waals surface area contributed by atoms with Crippen LogP contribution in [0.3, 0.4) is 0 Å². The molecule has 0 radical (unpaired) electrons. The number of rotatable bonds is 3. The molecule has 0 bridgehead atoms. The van der Waals surface area contributed by atoms with Crippen molar-refractivity contribution in [2.45, 2.75) is 38.5 Å². The summed E-state index contributed by atoms with van der Waals surface area (Å²) in [4.78, 5) is 12.0.